The molecule has 0 radical (unpaired) electrons. The van der Waals surface area contributed by atoms with Gasteiger partial charge in [-0.1, -0.05) is 11.2 Å². The number of aromatic nitrogens is 4. The summed E-state index contributed by atoms with van der Waals surface area (Å²) in [4.78, 5) is 30.5. The zero-order valence-electron chi connectivity index (χ0n) is 16.9. The molecular formula is C21H24N6O2. The maximum absolute atomic E-state index is 13.2. The third-order valence-corrected chi connectivity index (χ3v) is 5.06. The van der Waals surface area contributed by atoms with Crippen LogP contribution in [0.25, 0.3) is 11.3 Å². The SMILES string of the molecule is Cc1cc(-c2cnc(N(C)C)nc2[C@H]2CCCCN2C(=O)c2ccccn2)on1. The summed E-state index contributed by atoms with van der Waals surface area (Å²) in [5.41, 5.74) is 2.77. The van der Waals surface area contributed by atoms with E-state index in [0.29, 0.717) is 23.9 Å². The quantitative estimate of drug-likeness (QED) is 0.673. The number of piperidine rings is 1. The fraction of sp³-hybridized carbons (Fsp3) is 0.381. The second kappa shape index (κ2) is 7.98. The van der Waals surface area contributed by atoms with E-state index in [2.05, 4.69) is 15.1 Å². The molecule has 1 aliphatic rings. The lowest BCUT2D eigenvalue weighted by Gasteiger charge is -2.36. The van der Waals surface area contributed by atoms with Crippen LogP contribution in [0.3, 0.4) is 0 Å². The number of aryl methyl sites for hydroxylation is 1. The first-order chi connectivity index (χ1) is 14.0. The first-order valence-corrected chi connectivity index (χ1v) is 9.74. The number of amides is 1. The standard InChI is InChI=1S/C21H24N6O2/c1-14-12-18(29-25-14)15-13-23-21(26(2)3)24-19(15)17-9-5-7-11-27(17)20(28)16-8-4-6-10-22-16/h4,6,8,10,12-13,17H,5,7,9,11H2,1-3H3/t17-/m1/s1. The van der Waals surface area contributed by atoms with Crippen LogP contribution in [0.1, 0.15) is 47.2 Å². The van der Waals surface area contributed by atoms with Crippen LogP contribution in [0.2, 0.25) is 0 Å². The Balaban J connectivity index is 1.79. The van der Waals surface area contributed by atoms with Crippen LogP contribution in [0.15, 0.2) is 41.2 Å². The Bertz CT molecular complexity index is 1000. The Labute approximate surface area is 169 Å². The van der Waals surface area contributed by atoms with E-state index in [-0.39, 0.29) is 11.9 Å². The Kier molecular flexibility index (Phi) is 5.24. The largest absolute Gasteiger partial charge is 0.356 e. The molecule has 0 saturated carbocycles. The van der Waals surface area contributed by atoms with E-state index in [4.69, 9.17) is 9.51 Å². The van der Waals surface area contributed by atoms with Crippen molar-refractivity contribution in [1.82, 2.24) is 25.0 Å². The van der Waals surface area contributed by atoms with Gasteiger partial charge in [-0.3, -0.25) is 9.78 Å². The Morgan fingerprint density at radius 2 is 2.10 bits per heavy atom. The molecule has 29 heavy (non-hydrogen) atoms. The van der Waals surface area contributed by atoms with E-state index in [1.807, 2.05) is 49.0 Å². The van der Waals surface area contributed by atoms with Crippen molar-refractivity contribution in [2.45, 2.75) is 32.2 Å². The van der Waals surface area contributed by atoms with Gasteiger partial charge in [0.15, 0.2) is 5.76 Å². The summed E-state index contributed by atoms with van der Waals surface area (Å²) in [5.74, 6) is 1.12. The molecule has 4 heterocycles. The normalized spacial score (nSPS) is 16.7. The van der Waals surface area contributed by atoms with Gasteiger partial charge in [0.25, 0.3) is 5.91 Å². The van der Waals surface area contributed by atoms with Crippen molar-refractivity contribution in [1.29, 1.82) is 0 Å². The molecule has 1 atom stereocenters. The Morgan fingerprint density at radius 1 is 1.24 bits per heavy atom. The van der Waals surface area contributed by atoms with E-state index in [0.717, 1.165) is 36.2 Å². The summed E-state index contributed by atoms with van der Waals surface area (Å²) < 4.78 is 5.50. The van der Waals surface area contributed by atoms with Crippen molar-refractivity contribution in [2.75, 3.05) is 25.5 Å². The lowest BCUT2D eigenvalue weighted by atomic mass is 9.95. The molecule has 0 N–H and O–H groups in total. The highest BCUT2D eigenvalue weighted by atomic mass is 16.5. The van der Waals surface area contributed by atoms with Crippen LogP contribution < -0.4 is 4.90 Å². The molecule has 3 aromatic rings. The molecule has 0 spiro atoms. The first kappa shape index (κ1) is 19.0. The number of hydrogen-bond acceptors (Lipinski definition) is 7. The average molecular weight is 392 g/mol. The van der Waals surface area contributed by atoms with Crippen LogP contribution in [-0.4, -0.2) is 51.6 Å². The van der Waals surface area contributed by atoms with Crippen molar-refractivity contribution >= 4 is 11.9 Å². The van der Waals surface area contributed by atoms with Gasteiger partial charge in [-0.05, 0) is 38.3 Å². The minimum absolute atomic E-state index is 0.0833. The minimum Gasteiger partial charge on any atom is -0.356 e. The lowest BCUT2D eigenvalue weighted by Crippen LogP contribution is -2.39. The summed E-state index contributed by atoms with van der Waals surface area (Å²) >= 11 is 0. The molecule has 4 rings (SSSR count). The van der Waals surface area contributed by atoms with Crippen molar-refractivity contribution in [3.8, 4) is 11.3 Å². The monoisotopic (exact) mass is 392 g/mol. The Hall–Kier alpha value is -3.29. The molecule has 1 aliphatic heterocycles. The molecule has 0 aromatic carbocycles. The maximum Gasteiger partial charge on any atom is 0.273 e. The third-order valence-electron chi connectivity index (χ3n) is 5.06. The van der Waals surface area contributed by atoms with Crippen molar-refractivity contribution in [3.63, 3.8) is 0 Å². The molecule has 1 saturated heterocycles. The smallest absolute Gasteiger partial charge is 0.273 e. The number of rotatable bonds is 4. The highest BCUT2D eigenvalue weighted by Crippen LogP contribution is 2.37. The minimum atomic E-state index is -0.180. The van der Waals surface area contributed by atoms with Gasteiger partial charge in [-0.15, -0.1) is 0 Å². The van der Waals surface area contributed by atoms with E-state index >= 15 is 0 Å². The molecular weight excluding hydrogens is 368 g/mol. The molecule has 1 amide bonds. The first-order valence-electron chi connectivity index (χ1n) is 9.74. The van der Waals surface area contributed by atoms with E-state index in [1.54, 1.807) is 18.5 Å². The highest BCUT2D eigenvalue weighted by molar-refractivity contribution is 5.92. The van der Waals surface area contributed by atoms with Crippen molar-refractivity contribution in [2.24, 2.45) is 0 Å². The summed E-state index contributed by atoms with van der Waals surface area (Å²) in [6.07, 6.45) is 6.20. The predicted molar refractivity (Wildman–Crippen MR) is 108 cm³/mol. The zero-order valence-corrected chi connectivity index (χ0v) is 16.9. The summed E-state index contributed by atoms with van der Waals surface area (Å²) in [6.45, 7) is 2.54. The van der Waals surface area contributed by atoms with Gasteiger partial charge >= 0.3 is 0 Å². The van der Waals surface area contributed by atoms with Gasteiger partial charge in [0, 0.05) is 39.1 Å². The molecule has 1 fully saturated rings. The zero-order chi connectivity index (χ0) is 20.4. The van der Waals surface area contributed by atoms with Gasteiger partial charge in [0.05, 0.1) is 23.0 Å². The number of nitrogens with zero attached hydrogens (tertiary/aromatic N) is 6. The number of carbonyl (C=O) groups excluding carboxylic acids is 1. The van der Waals surface area contributed by atoms with Gasteiger partial charge in [-0.25, -0.2) is 9.97 Å². The fourth-order valence-corrected chi connectivity index (χ4v) is 3.63. The third kappa shape index (κ3) is 3.83. The molecule has 0 bridgehead atoms. The van der Waals surface area contributed by atoms with E-state index in [9.17, 15) is 4.79 Å². The van der Waals surface area contributed by atoms with Gasteiger partial charge in [-0.2, -0.15) is 0 Å². The molecule has 0 unspecified atom stereocenters. The second-order valence-electron chi connectivity index (χ2n) is 7.42. The number of pyridine rings is 1. The summed E-state index contributed by atoms with van der Waals surface area (Å²) in [5, 5.41) is 4.01. The number of anilines is 1. The number of hydrogen-bond donors (Lipinski definition) is 0. The highest BCUT2D eigenvalue weighted by Gasteiger charge is 2.33. The topological polar surface area (TPSA) is 88.3 Å². The van der Waals surface area contributed by atoms with Crippen LogP contribution in [-0.2, 0) is 0 Å². The van der Waals surface area contributed by atoms with E-state index < -0.39 is 0 Å². The predicted octanol–water partition coefficient (Wildman–Crippen LogP) is 3.27. The van der Waals surface area contributed by atoms with Crippen LogP contribution in [0.4, 0.5) is 5.95 Å². The maximum atomic E-state index is 13.2. The molecule has 0 aliphatic carbocycles. The molecule has 3 aromatic heterocycles. The average Bonchev–Trinajstić information content (AvgIpc) is 3.19. The van der Waals surface area contributed by atoms with Crippen LogP contribution in [0, 0.1) is 6.92 Å². The Morgan fingerprint density at radius 3 is 2.79 bits per heavy atom. The summed E-state index contributed by atoms with van der Waals surface area (Å²) in [7, 11) is 3.80. The molecule has 8 heteroatoms. The van der Waals surface area contributed by atoms with Crippen molar-refractivity contribution < 1.29 is 9.32 Å². The van der Waals surface area contributed by atoms with E-state index in [1.165, 1.54) is 0 Å². The van der Waals surface area contributed by atoms with Gasteiger partial charge < -0.3 is 14.3 Å². The van der Waals surface area contributed by atoms with Crippen molar-refractivity contribution in [3.05, 3.63) is 53.7 Å². The number of likely N-dealkylation sites (tertiary alicyclic amines) is 1. The molecule has 150 valence electrons. The van der Waals surface area contributed by atoms with Crippen LogP contribution >= 0.6 is 0 Å². The molecule has 8 nitrogen and oxygen atoms in total. The van der Waals surface area contributed by atoms with Crippen LogP contribution in [0.5, 0.6) is 0 Å². The number of carbonyl (C=O) groups is 1. The lowest BCUT2D eigenvalue weighted by molar-refractivity contribution is 0.0600. The summed E-state index contributed by atoms with van der Waals surface area (Å²) in [6, 6.07) is 7.07. The van der Waals surface area contributed by atoms with Gasteiger partial charge in [0.2, 0.25) is 5.95 Å². The van der Waals surface area contributed by atoms with Gasteiger partial charge in [0.1, 0.15) is 5.69 Å². The fourth-order valence-electron chi connectivity index (χ4n) is 3.63. The second-order valence-corrected chi connectivity index (χ2v) is 7.42.